The van der Waals surface area contributed by atoms with Crippen LogP contribution >= 0.6 is 0 Å². The Bertz CT molecular complexity index is 531. The molecule has 0 radical (unpaired) electrons. The van der Waals surface area contributed by atoms with E-state index in [0.29, 0.717) is 6.04 Å². The van der Waals surface area contributed by atoms with Gasteiger partial charge in [-0.3, -0.25) is 4.68 Å². The molecule has 3 heteroatoms. The Morgan fingerprint density at radius 2 is 2.37 bits per heavy atom. The number of fused-ring (bicyclic) bond motifs is 1. The molecule has 1 N–H and O–H groups in total. The summed E-state index contributed by atoms with van der Waals surface area (Å²) in [6, 6.07) is 9.37. The third-order valence-electron chi connectivity index (χ3n) is 3.89. The number of hydrogen-bond acceptors (Lipinski definition) is 2. The van der Waals surface area contributed by atoms with Gasteiger partial charge >= 0.3 is 0 Å². The average molecular weight is 255 g/mol. The van der Waals surface area contributed by atoms with E-state index in [1.54, 1.807) is 0 Å². The van der Waals surface area contributed by atoms with Gasteiger partial charge < -0.3 is 5.32 Å². The van der Waals surface area contributed by atoms with Crippen molar-refractivity contribution >= 4 is 0 Å². The molecule has 1 unspecified atom stereocenters. The average Bonchev–Trinajstić information content (AvgIpc) is 3.04. The molecule has 1 aliphatic rings. The Labute approximate surface area is 114 Å². The lowest BCUT2D eigenvalue weighted by molar-refractivity contribution is 0.486. The Balaban J connectivity index is 1.51. The topological polar surface area (TPSA) is 29.9 Å². The first-order chi connectivity index (χ1) is 9.33. The minimum absolute atomic E-state index is 0.549. The van der Waals surface area contributed by atoms with Crippen LogP contribution in [0.3, 0.4) is 0 Å². The fourth-order valence-corrected chi connectivity index (χ4v) is 2.88. The van der Waals surface area contributed by atoms with Gasteiger partial charge in [-0.1, -0.05) is 23.8 Å². The number of aromatic nitrogens is 2. The summed E-state index contributed by atoms with van der Waals surface area (Å²) in [5.41, 5.74) is 4.40. The first-order valence-electron chi connectivity index (χ1n) is 7.13. The molecule has 0 saturated heterocycles. The molecule has 1 aromatic heterocycles. The zero-order chi connectivity index (χ0) is 13.1. The van der Waals surface area contributed by atoms with E-state index < -0.39 is 0 Å². The first-order valence-corrected chi connectivity index (χ1v) is 7.13. The van der Waals surface area contributed by atoms with E-state index in [-0.39, 0.29) is 0 Å². The number of aryl methyl sites for hydroxylation is 3. The molecule has 1 atom stereocenters. The van der Waals surface area contributed by atoms with E-state index in [4.69, 9.17) is 0 Å². The van der Waals surface area contributed by atoms with Crippen LogP contribution in [0.4, 0.5) is 0 Å². The predicted octanol–water partition coefficient (Wildman–Crippen LogP) is 2.86. The van der Waals surface area contributed by atoms with Crippen LogP contribution in [-0.4, -0.2) is 16.3 Å². The highest BCUT2D eigenvalue weighted by Crippen LogP contribution is 2.31. The summed E-state index contributed by atoms with van der Waals surface area (Å²) in [6.45, 7) is 4.22. The normalized spacial score (nSPS) is 17.6. The molecule has 1 aromatic carbocycles. The van der Waals surface area contributed by atoms with Crippen LogP contribution in [0, 0.1) is 6.92 Å². The molecule has 3 rings (SSSR count). The largest absolute Gasteiger partial charge is 0.310 e. The molecule has 100 valence electrons. The summed E-state index contributed by atoms with van der Waals surface area (Å²) in [4.78, 5) is 0. The molecule has 19 heavy (non-hydrogen) atoms. The first kappa shape index (κ1) is 12.4. The maximum absolute atomic E-state index is 4.22. The summed E-state index contributed by atoms with van der Waals surface area (Å²) in [5.74, 6) is 0. The van der Waals surface area contributed by atoms with Gasteiger partial charge in [0.05, 0.1) is 0 Å². The van der Waals surface area contributed by atoms with Crippen molar-refractivity contribution in [3.05, 3.63) is 53.3 Å². The minimum atomic E-state index is 0.549. The van der Waals surface area contributed by atoms with E-state index in [9.17, 15) is 0 Å². The lowest BCUT2D eigenvalue weighted by Crippen LogP contribution is -2.21. The Morgan fingerprint density at radius 3 is 3.21 bits per heavy atom. The van der Waals surface area contributed by atoms with Crippen LogP contribution in [0.25, 0.3) is 0 Å². The quantitative estimate of drug-likeness (QED) is 0.833. The van der Waals surface area contributed by atoms with Gasteiger partial charge in [-0.25, -0.2) is 0 Å². The molecular formula is C16H21N3. The summed E-state index contributed by atoms with van der Waals surface area (Å²) in [5, 5.41) is 7.91. The number of hydrogen-bond donors (Lipinski definition) is 1. The smallest absolute Gasteiger partial charge is 0.0489 e. The zero-order valence-electron chi connectivity index (χ0n) is 11.5. The molecule has 1 heterocycles. The number of nitrogens with zero attached hydrogens (tertiary/aromatic N) is 2. The lowest BCUT2D eigenvalue weighted by atomic mass is 10.1. The standard InChI is InChI=1S/C16H21N3/c1-13-4-5-14-6-7-16(15(14)12-13)17-8-2-10-19-11-3-9-18-19/h3-5,9,11-12,16-17H,2,6-8,10H2,1H3. The van der Waals surface area contributed by atoms with Crippen LogP contribution in [0.2, 0.25) is 0 Å². The third kappa shape index (κ3) is 2.87. The van der Waals surface area contributed by atoms with Gasteiger partial charge in [0.2, 0.25) is 0 Å². The molecule has 0 aliphatic heterocycles. The summed E-state index contributed by atoms with van der Waals surface area (Å²) in [7, 11) is 0. The fraction of sp³-hybridized carbons (Fsp3) is 0.438. The van der Waals surface area contributed by atoms with Gasteiger partial charge in [0, 0.05) is 25.0 Å². The zero-order valence-corrected chi connectivity index (χ0v) is 11.5. The Hall–Kier alpha value is -1.61. The van der Waals surface area contributed by atoms with Crippen LogP contribution in [0.15, 0.2) is 36.7 Å². The lowest BCUT2D eigenvalue weighted by Gasteiger charge is -2.14. The van der Waals surface area contributed by atoms with Crippen molar-refractivity contribution in [1.82, 2.24) is 15.1 Å². The number of rotatable bonds is 5. The maximum Gasteiger partial charge on any atom is 0.0489 e. The van der Waals surface area contributed by atoms with Crippen molar-refractivity contribution in [1.29, 1.82) is 0 Å². The molecular weight excluding hydrogens is 234 g/mol. The number of benzene rings is 1. The highest BCUT2D eigenvalue weighted by atomic mass is 15.3. The predicted molar refractivity (Wildman–Crippen MR) is 77.1 cm³/mol. The molecule has 0 spiro atoms. The minimum Gasteiger partial charge on any atom is -0.310 e. The van der Waals surface area contributed by atoms with Crippen molar-refractivity contribution < 1.29 is 0 Å². The fourth-order valence-electron chi connectivity index (χ4n) is 2.88. The molecule has 0 bridgehead atoms. The van der Waals surface area contributed by atoms with Gasteiger partial charge in [0.1, 0.15) is 0 Å². The SMILES string of the molecule is Cc1ccc2c(c1)C(NCCCn1cccn1)CC2. The molecule has 1 aliphatic carbocycles. The Morgan fingerprint density at radius 1 is 1.42 bits per heavy atom. The maximum atomic E-state index is 4.22. The summed E-state index contributed by atoms with van der Waals surface area (Å²) >= 11 is 0. The molecule has 0 amide bonds. The van der Waals surface area contributed by atoms with E-state index in [2.05, 4.69) is 35.5 Å². The summed E-state index contributed by atoms with van der Waals surface area (Å²) < 4.78 is 1.99. The van der Waals surface area contributed by atoms with E-state index in [1.165, 1.54) is 29.5 Å². The van der Waals surface area contributed by atoms with Gasteiger partial charge in [0.15, 0.2) is 0 Å². The van der Waals surface area contributed by atoms with Gasteiger partial charge in [-0.15, -0.1) is 0 Å². The van der Waals surface area contributed by atoms with Gasteiger partial charge in [0.25, 0.3) is 0 Å². The molecule has 0 saturated carbocycles. The van der Waals surface area contributed by atoms with E-state index in [1.807, 2.05) is 23.1 Å². The number of nitrogens with one attached hydrogen (secondary N) is 1. The van der Waals surface area contributed by atoms with Crippen molar-refractivity contribution in [3.63, 3.8) is 0 Å². The second-order valence-corrected chi connectivity index (χ2v) is 5.37. The van der Waals surface area contributed by atoms with Crippen LogP contribution in [0.5, 0.6) is 0 Å². The third-order valence-corrected chi connectivity index (χ3v) is 3.89. The van der Waals surface area contributed by atoms with Crippen LogP contribution in [-0.2, 0) is 13.0 Å². The van der Waals surface area contributed by atoms with Crippen LogP contribution in [0.1, 0.15) is 35.6 Å². The van der Waals surface area contributed by atoms with E-state index >= 15 is 0 Å². The highest BCUT2D eigenvalue weighted by Gasteiger charge is 2.21. The molecule has 3 nitrogen and oxygen atoms in total. The van der Waals surface area contributed by atoms with Gasteiger partial charge in [-0.2, -0.15) is 5.10 Å². The van der Waals surface area contributed by atoms with Crippen molar-refractivity contribution in [2.24, 2.45) is 0 Å². The van der Waals surface area contributed by atoms with E-state index in [0.717, 1.165) is 19.5 Å². The monoisotopic (exact) mass is 255 g/mol. The van der Waals surface area contributed by atoms with Crippen molar-refractivity contribution in [2.75, 3.05) is 6.54 Å². The van der Waals surface area contributed by atoms with Crippen molar-refractivity contribution in [2.45, 2.75) is 38.8 Å². The summed E-state index contributed by atoms with van der Waals surface area (Å²) in [6.07, 6.45) is 7.43. The second kappa shape index (κ2) is 5.57. The molecule has 2 aromatic rings. The Kier molecular flexibility index (Phi) is 3.65. The van der Waals surface area contributed by atoms with Crippen molar-refractivity contribution in [3.8, 4) is 0 Å². The second-order valence-electron chi connectivity index (χ2n) is 5.37. The molecule has 0 fully saturated rings. The van der Waals surface area contributed by atoms with Gasteiger partial charge in [-0.05, 0) is 49.9 Å². The van der Waals surface area contributed by atoms with Crippen LogP contribution < -0.4 is 5.32 Å². The highest BCUT2D eigenvalue weighted by molar-refractivity contribution is 5.37.